The van der Waals surface area contributed by atoms with Gasteiger partial charge < -0.3 is 10.6 Å². The largest absolute Gasteiger partial charge is 0.396 e. The molecule has 0 aliphatic rings. The summed E-state index contributed by atoms with van der Waals surface area (Å²) in [4.78, 5) is 13.9. The third-order valence-corrected chi connectivity index (χ3v) is 3.52. The predicted molar refractivity (Wildman–Crippen MR) is 82.3 cm³/mol. The van der Waals surface area contributed by atoms with Crippen LogP contribution in [0.15, 0.2) is 34.9 Å². The molecule has 106 valence electrons. The van der Waals surface area contributed by atoms with Crippen molar-refractivity contribution < 1.29 is 4.79 Å². The van der Waals surface area contributed by atoms with Crippen LogP contribution in [0.2, 0.25) is 0 Å². The summed E-state index contributed by atoms with van der Waals surface area (Å²) in [7, 11) is 1.74. The average molecular weight is 337 g/mol. The molecule has 1 aromatic carbocycles. The Hall–Kier alpha value is -1.82. The Balaban J connectivity index is 2.11. The SMILES string of the molecule is CCn1cc(N)c(C(=O)N(C)Cc2ccc(Br)cc2)n1. The predicted octanol–water partition coefficient (Wildman–Crippen LogP) is 2.52. The standard InChI is InChI=1S/C14H17BrN4O/c1-3-19-9-12(16)13(17-19)14(20)18(2)8-10-4-6-11(15)7-5-10/h4-7,9H,3,8,16H2,1-2H3. The van der Waals surface area contributed by atoms with E-state index in [1.807, 2.05) is 31.2 Å². The van der Waals surface area contributed by atoms with E-state index in [9.17, 15) is 4.79 Å². The van der Waals surface area contributed by atoms with E-state index in [2.05, 4.69) is 21.0 Å². The van der Waals surface area contributed by atoms with Crippen molar-refractivity contribution in [1.82, 2.24) is 14.7 Å². The van der Waals surface area contributed by atoms with Gasteiger partial charge in [-0.2, -0.15) is 5.10 Å². The fourth-order valence-electron chi connectivity index (χ4n) is 1.88. The monoisotopic (exact) mass is 336 g/mol. The molecule has 0 fully saturated rings. The Morgan fingerprint density at radius 2 is 2.05 bits per heavy atom. The van der Waals surface area contributed by atoms with Gasteiger partial charge in [-0.3, -0.25) is 9.48 Å². The van der Waals surface area contributed by atoms with Gasteiger partial charge >= 0.3 is 0 Å². The third kappa shape index (κ3) is 3.19. The molecule has 0 aliphatic carbocycles. The minimum Gasteiger partial charge on any atom is -0.396 e. The van der Waals surface area contributed by atoms with E-state index in [0.29, 0.717) is 24.5 Å². The molecule has 1 heterocycles. The fourth-order valence-corrected chi connectivity index (χ4v) is 2.15. The van der Waals surface area contributed by atoms with Gasteiger partial charge in [0.05, 0.1) is 5.69 Å². The Kier molecular flexibility index (Phi) is 4.44. The van der Waals surface area contributed by atoms with E-state index in [-0.39, 0.29) is 5.91 Å². The van der Waals surface area contributed by atoms with E-state index in [1.165, 1.54) is 0 Å². The number of aryl methyl sites for hydroxylation is 1. The number of benzene rings is 1. The van der Waals surface area contributed by atoms with Crippen LogP contribution in [-0.2, 0) is 13.1 Å². The molecule has 2 rings (SSSR count). The smallest absolute Gasteiger partial charge is 0.276 e. The van der Waals surface area contributed by atoms with Crippen molar-refractivity contribution in [3.05, 3.63) is 46.2 Å². The molecule has 20 heavy (non-hydrogen) atoms. The zero-order valence-corrected chi connectivity index (χ0v) is 13.1. The molecule has 0 atom stereocenters. The second-order valence-corrected chi connectivity index (χ2v) is 5.49. The number of rotatable bonds is 4. The maximum atomic E-state index is 12.3. The highest BCUT2D eigenvalue weighted by molar-refractivity contribution is 9.10. The second kappa shape index (κ2) is 6.09. The first-order valence-electron chi connectivity index (χ1n) is 6.34. The molecule has 0 aliphatic heterocycles. The number of hydrogen-bond donors (Lipinski definition) is 1. The normalized spacial score (nSPS) is 10.6. The molecule has 2 aromatic rings. The first-order valence-corrected chi connectivity index (χ1v) is 7.13. The van der Waals surface area contributed by atoms with Crippen LogP contribution in [0, 0.1) is 0 Å². The van der Waals surface area contributed by atoms with Crippen molar-refractivity contribution in [2.45, 2.75) is 20.0 Å². The molecule has 0 spiro atoms. The van der Waals surface area contributed by atoms with Crippen LogP contribution >= 0.6 is 15.9 Å². The topological polar surface area (TPSA) is 64.2 Å². The molecule has 0 unspecified atom stereocenters. The highest BCUT2D eigenvalue weighted by atomic mass is 79.9. The van der Waals surface area contributed by atoms with Crippen LogP contribution in [0.25, 0.3) is 0 Å². The molecular formula is C14H17BrN4O. The van der Waals surface area contributed by atoms with E-state index in [4.69, 9.17) is 5.73 Å². The van der Waals surface area contributed by atoms with Crippen LogP contribution in [0.5, 0.6) is 0 Å². The van der Waals surface area contributed by atoms with Gasteiger partial charge in [0.2, 0.25) is 0 Å². The number of aromatic nitrogens is 2. The van der Waals surface area contributed by atoms with Crippen molar-refractivity contribution in [2.75, 3.05) is 12.8 Å². The minimum atomic E-state index is -0.169. The van der Waals surface area contributed by atoms with Crippen molar-refractivity contribution in [3.63, 3.8) is 0 Å². The van der Waals surface area contributed by atoms with Gasteiger partial charge in [-0.05, 0) is 24.6 Å². The molecule has 2 N–H and O–H groups in total. The van der Waals surface area contributed by atoms with Gasteiger partial charge in [0.25, 0.3) is 5.91 Å². The van der Waals surface area contributed by atoms with Gasteiger partial charge in [-0.25, -0.2) is 0 Å². The van der Waals surface area contributed by atoms with Gasteiger partial charge in [-0.1, -0.05) is 28.1 Å². The number of nitrogens with two attached hydrogens (primary N) is 1. The molecule has 0 saturated carbocycles. The van der Waals surface area contributed by atoms with E-state index in [0.717, 1.165) is 10.0 Å². The van der Waals surface area contributed by atoms with Crippen molar-refractivity contribution in [3.8, 4) is 0 Å². The Morgan fingerprint density at radius 1 is 1.40 bits per heavy atom. The van der Waals surface area contributed by atoms with Crippen LogP contribution in [0.3, 0.4) is 0 Å². The first kappa shape index (κ1) is 14.6. The third-order valence-electron chi connectivity index (χ3n) is 3.00. The Bertz CT molecular complexity index is 606. The molecule has 5 nitrogen and oxygen atoms in total. The Labute approximate surface area is 126 Å². The van der Waals surface area contributed by atoms with E-state index in [1.54, 1.807) is 22.8 Å². The summed E-state index contributed by atoms with van der Waals surface area (Å²) in [5, 5.41) is 4.20. The number of hydrogen-bond acceptors (Lipinski definition) is 3. The Morgan fingerprint density at radius 3 is 2.60 bits per heavy atom. The summed E-state index contributed by atoms with van der Waals surface area (Å²) in [6, 6.07) is 7.85. The molecule has 1 amide bonds. The lowest BCUT2D eigenvalue weighted by molar-refractivity contribution is 0.0779. The number of amides is 1. The molecule has 0 radical (unpaired) electrons. The summed E-state index contributed by atoms with van der Waals surface area (Å²) in [5.74, 6) is -0.169. The highest BCUT2D eigenvalue weighted by Gasteiger charge is 2.18. The van der Waals surface area contributed by atoms with Crippen molar-refractivity contribution in [1.29, 1.82) is 0 Å². The maximum absolute atomic E-state index is 12.3. The first-order chi connectivity index (χ1) is 9.51. The summed E-state index contributed by atoms with van der Waals surface area (Å²) < 4.78 is 2.68. The van der Waals surface area contributed by atoms with Gasteiger partial charge in [-0.15, -0.1) is 0 Å². The lowest BCUT2D eigenvalue weighted by Crippen LogP contribution is -2.27. The number of halogens is 1. The highest BCUT2D eigenvalue weighted by Crippen LogP contribution is 2.15. The van der Waals surface area contributed by atoms with Gasteiger partial charge in [0, 0.05) is 30.8 Å². The lowest BCUT2D eigenvalue weighted by Gasteiger charge is -2.16. The zero-order valence-electron chi connectivity index (χ0n) is 11.5. The summed E-state index contributed by atoms with van der Waals surface area (Å²) in [6.45, 7) is 3.16. The maximum Gasteiger partial charge on any atom is 0.276 e. The van der Waals surface area contributed by atoms with Gasteiger partial charge in [0.1, 0.15) is 0 Å². The second-order valence-electron chi connectivity index (χ2n) is 4.58. The summed E-state index contributed by atoms with van der Waals surface area (Å²) in [5.41, 5.74) is 7.61. The van der Waals surface area contributed by atoms with Crippen molar-refractivity contribution >= 4 is 27.5 Å². The van der Waals surface area contributed by atoms with Crippen LogP contribution in [-0.4, -0.2) is 27.6 Å². The fraction of sp³-hybridized carbons (Fsp3) is 0.286. The van der Waals surface area contributed by atoms with Gasteiger partial charge in [0.15, 0.2) is 5.69 Å². The zero-order chi connectivity index (χ0) is 14.7. The number of carbonyl (C=O) groups excluding carboxylic acids is 1. The molecule has 0 saturated heterocycles. The number of nitrogens with zero attached hydrogens (tertiary/aromatic N) is 3. The van der Waals surface area contributed by atoms with Crippen molar-refractivity contribution in [2.24, 2.45) is 0 Å². The lowest BCUT2D eigenvalue weighted by atomic mass is 10.2. The van der Waals surface area contributed by atoms with Crippen LogP contribution in [0.1, 0.15) is 23.0 Å². The molecule has 0 bridgehead atoms. The van der Waals surface area contributed by atoms with Crippen LogP contribution < -0.4 is 5.73 Å². The number of carbonyl (C=O) groups is 1. The van der Waals surface area contributed by atoms with E-state index >= 15 is 0 Å². The van der Waals surface area contributed by atoms with E-state index < -0.39 is 0 Å². The summed E-state index contributed by atoms with van der Waals surface area (Å²) in [6.07, 6.45) is 1.68. The molecule has 6 heteroatoms. The number of anilines is 1. The average Bonchev–Trinajstić information content (AvgIpc) is 2.81. The quantitative estimate of drug-likeness (QED) is 0.932. The molecule has 1 aromatic heterocycles. The summed E-state index contributed by atoms with van der Waals surface area (Å²) >= 11 is 3.39. The minimum absolute atomic E-state index is 0.169. The number of nitrogen functional groups attached to an aromatic ring is 1. The molecular weight excluding hydrogens is 320 g/mol. The van der Waals surface area contributed by atoms with Crippen LogP contribution in [0.4, 0.5) is 5.69 Å².